The van der Waals surface area contributed by atoms with E-state index in [0.717, 1.165) is 11.4 Å². The van der Waals surface area contributed by atoms with Crippen LogP contribution in [0.3, 0.4) is 0 Å². The predicted molar refractivity (Wildman–Crippen MR) is 111 cm³/mol. The summed E-state index contributed by atoms with van der Waals surface area (Å²) >= 11 is 0. The van der Waals surface area contributed by atoms with Gasteiger partial charge in [0.2, 0.25) is 5.95 Å². The fourth-order valence-electron chi connectivity index (χ4n) is 2.64. The molecule has 1 amide bonds. The van der Waals surface area contributed by atoms with Crippen LogP contribution in [0.5, 0.6) is 17.2 Å². The quantitative estimate of drug-likeness (QED) is 0.629. The fourth-order valence-corrected chi connectivity index (χ4v) is 2.64. The van der Waals surface area contributed by atoms with Gasteiger partial charge in [-0.3, -0.25) is 4.79 Å². The maximum Gasteiger partial charge on any atom is 0.274 e. The molecule has 150 valence electrons. The van der Waals surface area contributed by atoms with Crippen LogP contribution in [0.1, 0.15) is 16.2 Å². The van der Waals surface area contributed by atoms with Crippen molar-refractivity contribution < 1.29 is 19.0 Å². The Hall–Kier alpha value is -3.81. The van der Waals surface area contributed by atoms with E-state index < -0.39 is 0 Å². The predicted octanol–water partition coefficient (Wildman–Crippen LogP) is 3.81. The molecule has 8 heteroatoms. The van der Waals surface area contributed by atoms with Crippen molar-refractivity contribution in [2.75, 3.05) is 32.0 Å². The van der Waals surface area contributed by atoms with Crippen molar-refractivity contribution in [2.24, 2.45) is 0 Å². The Balaban J connectivity index is 1.82. The van der Waals surface area contributed by atoms with Gasteiger partial charge in [-0.05, 0) is 49.4 Å². The average molecular weight is 394 g/mol. The Kier molecular flexibility index (Phi) is 6.13. The molecular formula is C21H22N4O4. The van der Waals surface area contributed by atoms with Crippen LogP contribution in [0, 0.1) is 6.92 Å². The molecular weight excluding hydrogens is 372 g/mol. The standard InChI is InChI=1S/C21H22N4O4/c1-13-11-18(20(26)24-17-12-16(28-3)9-10-19(17)29-4)25-21(22-13)23-14-5-7-15(27-2)8-6-14/h5-12H,1-4H3,(H,24,26)(H,22,23,25). The molecule has 0 aliphatic heterocycles. The first-order valence-corrected chi connectivity index (χ1v) is 8.82. The van der Waals surface area contributed by atoms with Crippen molar-refractivity contribution >= 4 is 23.2 Å². The highest BCUT2D eigenvalue weighted by Crippen LogP contribution is 2.29. The molecule has 0 aliphatic carbocycles. The molecule has 3 aromatic rings. The van der Waals surface area contributed by atoms with Gasteiger partial charge in [0.05, 0.1) is 27.0 Å². The monoisotopic (exact) mass is 394 g/mol. The Morgan fingerprint density at radius 2 is 1.55 bits per heavy atom. The SMILES string of the molecule is COc1ccc(Nc2nc(C)cc(C(=O)Nc3cc(OC)ccc3OC)n2)cc1. The summed E-state index contributed by atoms with van der Waals surface area (Å²) in [6.07, 6.45) is 0. The lowest BCUT2D eigenvalue weighted by Crippen LogP contribution is -2.16. The smallest absolute Gasteiger partial charge is 0.274 e. The second kappa shape index (κ2) is 8.92. The molecule has 3 rings (SSSR count). The molecule has 0 saturated heterocycles. The van der Waals surface area contributed by atoms with Crippen LogP contribution < -0.4 is 24.8 Å². The van der Waals surface area contributed by atoms with E-state index in [1.165, 1.54) is 7.11 Å². The largest absolute Gasteiger partial charge is 0.497 e. The molecule has 0 spiro atoms. The number of hydrogen-bond acceptors (Lipinski definition) is 7. The van der Waals surface area contributed by atoms with E-state index in [2.05, 4.69) is 20.6 Å². The third-order valence-corrected chi connectivity index (χ3v) is 4.09. The molecule has 2 N–H and O–H groups in total. The first kappa shape index (κ1) is 19.9. The van der Waals surface area contributed by atoms with Crippen molar-refractivity contribution in [1.82, 2.24) is 9.97 Å². The van der Waals surface area contributed by atoms with Gasteiger partial charge in [-0.15, -0.1) is 0 Å². The zero-order valence-electron chi connectivity index (χ0n) is 16.6. The van der Waals surface area contributed by atoms with E-state index in [0.29, 0.717) is 28.8 Å². The average Bonchev–Trinajstić information content (AvgIpc) is 2.73. The number of amides is 1. The Labute approximate surface area is 168 Å². The second-order valence-corrected chi connectivity index (χ2v) is 6.09. The van der Waals surface area contributed by atoms with E-state index in [1.807, 2.05) is 24.3 Å². The molecule has 8 nitrogen and oxygen atoms in total. The summed E-state index contributed by atoms with van der Waals surface area (Å²) in [7, 11) is 4.69. The van der Waals surface area contributed by atoms with Crippen LogP contribution in [0.25, 0.3) is 0 Å². The number of hydrogen-bond donors (Lipinski definition) is 2. The lowest BCUT2D eigenvalue weighted by atomic mass is 10.2. The topological polar surface area (TPSA) is 94.6 Å². The van der Waals surface area contributed by atoms with Gasteiger partial charge in [-0.1, -0.05) is 0 Å². The number of carbonyl (C=O) groups is 1. The Morgan fingerprint density at radius 1 is 0.862 bits per heavy atom. The minimum absolute atomic E-state index is 0.221. The van der Waals surface area contributed by atoms with Gasteiger partial charge in [0.1, 0.15) is 22.9 Å². The number of carbonyl (C=O) groups excluding carboxylic acids is 1. The lowest BCUT2D eigenvalue weighted by Gasteiger charge is -2.12. The van der Waals surface area contributed by atoms with Gasteiger partial charge in [0.25, 0.3) is 5.91 Å². The summed E-state index contributed by atoms with van der Waals surface area (Å²) in [5, 5.41) is 5.90. The van der Waals surface area contributed by atoms with Crippen molar-refractivity contribution in [3.63, 3.8) is 0 Å². The van der Waals surface area contributed by atoms with Gasteiger partial charge in [-0.25, -0.2) is 9.97 Å². The van der Waals surface area contributed by atoms with Crippen molar-refractivity contribution in [3.05, 3.63) is 59.9 Å². The molecule has 0 unspecified atom stereocenters. The molecule has 0 saturated carbocycles. The number of aromatic nitrogens is 2. The van der Waals surface area contributed by atoms with Crippen LogP contribution in [-0.4, -0.2) is 37.2 Å². The van der Waals surface area contributed by atoms with Crippen LogP contribution in [0.4, 0.5) is 17.3 Å². The third-order valence-electron chi connectivity index (χ3n) is 4.09. The Morgan fingerprint density at radius 3 is 2.21 bits per heavy atom. The number of nitrogens with zero attached hydrogens (tertiary/aromatic N) is 2. The van der Waals surface area contributed by atoms with Crippen LogP contribution >= 0.6 is 0 Å². The number of benzene rings is 2. The molecule has 0 fully saturated rings. The summed E-state index contributed by atoms with van der Waals surface area (Å²) in [5.41, 5.74) is 2.13. The molecule has 29 heavy (non-hydrogen) atoms. The minimum Gasteiger partial charge on any atom is -0.497 e. The van der Waals surface area contributed by atoms with Crippen LogP contribution in [0.2, 0.25) is 0 Å². The van der Waals surface area contributed by atoms with Gasteiger partial charge in [0.15, 0.2) is 0 Å². The van der Waals surface area contributed by atoms with Gasteiger partial charge in [-0.2, -0.15) is 0 Å². The molecule has 0 bridgehead atoms. The highest BCUT2D eigenvalue weighted by atomic mass is 16.5. The van der Waals surface area contributed by atoms with Crippen molar-refractivity contribution in [1.29, 1.82) is 0 Å². The highest BCUT2D eigenvalue weighted by Gasteiger charge is 2.14. The van der Waals surface area contributed by atoms with Gasteiger partial charge < -0.3 is 24.8 Å². The summed E-state index contributed by atoms with van der Waals surface area (Å²) in [6, 6.07) is 14.1. The molecule has 0 radical (unpaired) electrons. The summed E-state index contributed by atoms with van der Waals surface area (Å²) < 4.78 is 15.7. The summed E-state index contributed by atoms with van der Waals surface area (Å²) in [6.45, 7) is 1.80. The normalized spacial score (nSPS) is 10.2. The molecule has 2 aromatic carbocycles. The zero-order valence-corrected chi connectivity index (χ0v) is 16.6. The minimum atomic E-state index is -0.389. The summed E-state index contributed by atoms with van der Waals surface area (Å²) in [5.74, 6) is 1.79. The number of methoxy groups -OCH3 is 3. The van der Waals surface area contributed by atoms with E-state index in [1.54, 1.807) is 45.4 Å². The fraction of sp³-hybridized carbons (Fsp3) is 0.190. The highest BCUT2D eigenvalue weighted by molar-refractivity contribution is 6.04. The third kappa shape index (κ3) is 4.92. The van der Waals surface area contributed by atoms with Gasteiger partial charge in [0, 0.05) is 17.4 Å². The second-order valence-electron chi connectivity index (χ2n) is 6.09. The molecule has 1 aromatic heterocycles. The molecule has 0 atom stereocenters. The van der Waals surface area contributed by atoms with E-state index in [4.69, 9.17) is 14.2 Å². The number of ether oxygens (including phenoxy) is 3. The maximum absolute atomic E-state index is 12.8. The Bertz CT molecular complexity index is 1010. The van der Waals surface area contributed by atoms with E-state index >= 15 is 0 Å². The summed E-state index contributed by atoms with van der Waals surface area (Å²) in [4.78, 5) is 21.5. The first-order chi connectivity index (χ1) is 14.0. The van der Waals surface area contributed by atoms with E-state index in [-0.39, 0.29) is 11.6 Å². The number of nitrogens with one attached hydrogen (secondary N) is 2. The zero-order chi connectivity index (χ0) is 20.8. The van der Waals surface area contributed by atoms with Crippen molar-refractivity contribution in [3.8, 4) is 17.2 Å². The first-order valence-electron chi connectivity index (χ1n) is 8.82. The van der Waals surface area contributed by atoms with Crippen LogP contribution in [0.15, 0.2) is 48.5 Å². The number of aryl methyl sites for hydroxylation is 1. The molecule has 0 aliphatic rings. The molecule has 1 heterocycles. The van der Waals surface area contributed by atoms with Crippen molar-refractivity contribution in [2.45, 2.75) is 6.92 Å². The maximum atomic E-state index is 12.8. The van der Waals surface area contributed by atoms with Crippen LogP contribution in [-0.2, 0) is 0 Å². The lowest BCUT2D eigenvalue weighted by molar-refractivity contribution is 0.102. The number of rotatable bonds is 7. The van der Waals surface area contributed by atoms with Gasteiger partial charge >= 0.3 is 0 Å². The number of anilines is 3. The van der Waals surface area contributed by atoms with E-state index in [9.17, 15) is 4.79 Å².